The molecule has 2 aromatic carbocycles. The summed E-state index contributed by atoms with van der Waals surface area (Å²) in [5.41, 5.74) is 4.86. The highest BCUT2D eigenvalue weighted by atomic mass is 32.1. The lowest BCUT2D eigenvalue weighted by Crippen LogP contribution is -2.20. The van der Waals surface area contributed by atoms with Gasteiger partial charge in [-0.25, -0.2) is 4.79 Å². The quantitative estimate of drug-likeness (QED) is 0.426. The Bertz CT molecular complexity index is 997. The molecule has 1 heterocycles. The van der Waals surface area contributed by atoms with Crippen molar-refractivity contribution >= 4 is 45.3 Å². The van der Waals surface area contributed by atoms with Crippen LogP contribution in [0.1, 0.15) is 31.9 Å². The zero-order valence-electron chi connectivity index (χ0n) is 16.0. The molecule has 0 amide bonds. The third-order valence-corrected chi connectivity index (χ3v) is 5.53. The molecular formula is C22H22N2O2S2. The molecule has 0 bridgehead atoms. The van der Waals surface area contributed by atoms with E-state index in [-0.39, 0.29) is 5.97 Å². The molecule has 0 saturated heterocycles. The summed E-state index contributed by atoms with van der Waals surface area (Å²) in [5, 5.41) is 7.50. The predicted molar refractivity (Wildman–Crippen MR) is 121 cm³/mol. The van der Waals surface area contributed by atoms with E-state index in [9.17, 15) is 4.79 Å². The number of rotatable bonds is 5. The van der Waals surface area contributed by atoms with Crippen molar-refractivity contribution in [2.45, 2.75) is 20.3 Å². The number of aryl methyl sites for hydroxylation is 2. The van der Waals surface area contributed by atoms with Gasteiger partial charge in [-0.05, 0) is 54.9 Å². The second-order valence-corrected chi connectivity index (χ2v) is 8.05. The number of anilines is 2. The molecule has 4 nitrogen and oxygen atoms in total. The predicted octanol–water partition coefficient (Wildman–Crippen LogP) is 5.55. The van der Waals surface area contributed by atoms with E-state index in [0.717, 1.165) is 28.1 Å². The lowest BCUT2D eigenvalue weighted by molar-refractivity contribution is 0.0602. The van der Waals surface area contributed by atoms with Crippen molar-refractivity contribution in [1.29, 1.82) is 0 Å². The summed E-state index contributed by atoms with van der Waals surface area (Å²) < 4.78 is 4.94. The summed E-state index contributed by atoms with van der Waals surface area (Å²) in [6.07, 6.45) is 0.744. The van der Waals surface area contributed by atoms with Gasteiger partial charge in [-0.2, -0.15) is 0 Å². The number of hydrogen-bond acceptors (Lipinski definition) is 4. The third-order valence-electron chi connectivity index (χ3n) is 4.28. The van der Waals surface area contributed by atoms with Crippen LogP contribution < -0.4 is 10.6 Å². The minimum Gasteiger partial charge on any atom is -0.465 e. The number of nitrogens with one attached hydrogen (secondary N) is 2. The van der Waals surface area contributed by atoms with Crippen LogP contribution in [0.5, 0.6) is 0 Å². The van der Waals surface area contributed by atoms with E-state index in [1.54, 1.807) is 0 Å². The van der Waals surface area contributed by atoms with Gasteiger partial charge in [-0.15, -0.1) is 11.3 Å². The van der Waals surface area contributed by atoms with Crippen molar-refractivity contribution in [3.63, 3.8) is 0 Å². The second kappa shape index (κ2) is 8.99. The van der Waals surface area contributed by atoms with Gasteiger partial charge in [0.25, 0.3) is 0 Å². The van der Waals surface area contributed by atoms with E-state index in [4.69, 9.17) is 17.0 Å². The zero-order valence-corrected chi connectivity index (χ0v) is 17.7. The maximum Gasteiger partial charge on any atom is 0.340 e. The molecule has 0 radical (unpaired) electrons. The van der Waals surface area contributed by atoms with Crippen LogP contribution in [0.25, 0.3) is 0 Å². The van der Waals surface area contributed by atoms with Gasteiger partial charge in [0.05, 0.1) is 12.7 Å². The summed E-state index contributed by atoms with van der Waals surface area (Å²) in [5.74, 6) is -0.382. The Morgan fingerprint density at radius 3 is 2.54 bits per heavy atom. The molecule has 0 aliphatic carbocycles. The molecule has 3 aromatic rings. The second-order valence-electron chi connectivity index (χ2n) is 6.51. The smallest absolute Gasteiger partial charge is 0.340 e. The summed E-state index contributed by atoms with van der Waals surface area (Å²) in [7, 11) is 1.38. The molecule has 6 heteroatoms. The number of hydrogen-bond donors (Lipinski definition) is 2. The van der Waals surface area contributed by atoms with Crippen molar-refractivity contribution in [2.75, 3.05) is 17.7 Å². The molecule has 0 unspecified atom stereocenters. The first-order chi connectivity index (χ1) is 13.5. The molecule has 28 heavy (non-hydrogen) atoms. The third kappa shape index (κ3) is 4.97. The maximum atomic E-state index is 12.2. The standard InChI is InChI=1S/C22H22N2O2S2/c1-14-9-10-15(2)19(11-14)23-22(27)24-20-18(21(25)26-3)13-17(28-20)12-16-7-5-4-6-8-16/h4-11,13H,12H2,1-3H3,(H2,23,24,27). The largest absolute Gasteiger partial charge is 0.465 e. The van der Waals surface area contributed by atoms with Gasteiger partial charge < -0.3 is 15.4 Å². The lowest BCUT2D eigenvalue weighted by Gasteiger charge is -2.13. The molecule has 1 aromatic heterocycles. The topological polar surface area (TPSA) is 50.4 Å². The van der Waals surface area contributed by atoms with E-state index in [0.29, 0.717) is 15.7 Å². The monoisotopic (exact) mass is 410 g/mol. The Morgan fingerprint density at radius 1 is 1.07 bits per heavy atom. The minimum atomic E-state index is -0.382. The highest BCUT2D eigenvalue weighted by Crippen LogP contribution is 2.31. The Hall–Kier alpha value is -2.70. The molecule has 0 saturated carbocycles. The average Bonchev–Trinajstić information content (AvgIpc) is 3.06. The Labute approximate surface area is 174 Å². The Morgan fingerprint density at radius 2 is 1.82 bits per heavy atom. The van der Waals surface area contributed by atoms with Crippen molar-refractivity contribution < 1.29 is 9.53 Å². The summed E-state index contributed by atoms with van der Waals surface area (Å²) in [6.45, 7) is 4.05. The fourth-order valence-electron chi connectivity index (χ4n) is 2.81. The van der Waals surface area contributed by atoms with Crippen LogP contribution in [-0.4, -0.2) is 18.2 Å². The molecular weight excluding hydrogens is 388 g/mol. The minimum absolute atomic E-state index is 0.382. The van der Waals surface area contributed by atoms with E-state index in [2.05, 4.69) is 28.8 Å². The van der Waals surface area contributed by atoms with E-state index >= 15 is 0 Å². The van der Waals surface area contributed by atoms with Crippen LogP contribution in [0.15, 0.2) is 54.6 Å². The number of ether oxygens (including phenoxy) is 1. The van der Waals surface area contributed by atoms with Crippen molar-refractivity contribution in [3.05, 3.63) is 81.7 Å². The molecule has 0 aliphatic rings. The van der Waals surface area contributed by atoms with Gasteiger partial charge in [-0.3, -0.25) is 0 Å². The number of methoxy groups -OCH3 is 1. The van der Waals surface area contributed by atoms with Gasteiger partial charge in [0, 0.05) is 17.0 Å². The molecule has 0 fully saturated rings. The van der Waals surface area contributed by atoms with Gasteiger partial charge in [0.1, 0.15) is 5.00 Å². The van der Waals surface area contributed by atoms with Crippen molar-refractivity contribution in [3.8, 4) is 0 Å². The Kier molecular flexibility index (Phi) is 6.44. The number of benzene rings is 2. The number of esters is 1. The SMILES string of the molecule is COC(=O)c1cc(Cc2ccccc2)sc1NC(=S)Nc1cc(C)ccc1C. The first kappa shape index (κ1) is 20.0. The van der Waals surface area contributed by atoms with Crippen LogP contribution >= 0.6 is 23.6 Å². The maximum absolute atomic E-state index is 12.2. The number of carbonyl (C=O) groups is 1. The molecule has 2 N–H and O–H groups in total. The van der Waals surface area contributed by atoms with E-state index in [1.807, 2.05) is 50.2 Å². The molecule has 3 rings (SSSR count). The highest BCUT2D eigenvalue weighted by molar-refractivity contribution is 7.80. The zero-order chi connectivity index (χ0) is 20.1. The van der Waals surface area contributed by atoms with Crippen LogP contribution in [0.2, 0.25) is 0 Å². The fourth-order valence-corrected chi connectivity index (χ4v) is 4.17. The van der Waals surface area contributed by atoms with Gasteiger partial charge in [0.2, 0.25) is 0 Å². The van der Waals surface area contributed by atoms with E-state index in [1.165, 1.54) is 24.0 Å². The number of thiophene rings is 1. The Balaban J connectivity index is 1.80. The highest BCUT2D eigenvalue weighted by Gasteiger charge is 2.18. The van der Waals surface area contributed by atoms with Crippen LogP contribution in [0.4, 0.5) is 10.7 Å². The number of thiocarbonyl (C=S) groups is 1. The first-order valence-electron chi connectivity index (χ1n) is 8.86. The summed E-state index contributed by atoms with van der Waals surface area (Å²) in [4.78, 5) is 13.3. The normalized spacial score (nSPS) is 10.4. The van der Waals surface area contributed by atoms with Gasteiger partial charge >= 0.3 is 5.97 Å². The van der Waals surface area contributed by atoms with Gasteiger partial charge in [0.15, 0.2) is 5.11 Å². The molecule has 0 spiro atoms. The average molecular weight is 411 g/mol. The first-order valence-corrected chi connectivity index (χ1v) is 10.1. The summed E-state index contributed by atoms with van der Waals surface area (Å²) >= 11 is 6.98. The fraction of sp³-hybridized carbons (Fsp3) is 0.182. The van der Waals surface area contributed by atoms with Gasteiger partial charge in [-0.1, -0.05) is 42.5 Å². The van der Waals surface area contributed by atoms with Crippen LogP contribution in [0.3, 0.4) is 0 Å². The summed E-state index contributed by atoms with van der Waals surface area (Å²) in [6, 6.07) is 18.1. The van der Waals surface area contributed by atoms with Crippen molar-refractivity contribution in [1.82, 2.24) is 0 Å². The lowest BCUT2D eigenvalue weighted by atomic mass is 10.1. The van der Waals surface area contributed by atoms with Crippen LogP contribution in [0, 0.1) is 13.8 Å². The van der Waals surface area contributed by atoms with Crippen molar-refractivity contribution in [2.24, 2.45) is 0 Å². The van der Waals surface area contributed by atoms with E-state index < -0.39 is 0 Å². The molecule has 0 aliphatic heterocycles. The number of carbonyl (C=O) groups excluding carboxylic acids is 1. The molecule has 144 valence electrons. The van der Waals surface area contributed by atoms with Crippen LogP contribution in [-0.2, 0) is 11.2 Å². The molecule has 0 atom stereocenters.